The first kappa shape index (κ1) is 23.2. The number of esters is 1. The fraction of sp³-hybridized carbons (Fsp3) is 0.300. The number of carbonyl (C=O) groups excluding carboxylic acids is 2. The molecule has 1 N–H and O–H groups in total. The number of benzene rings is 2. The Kier molecular flexibility index (Phi) is 7.30. The Bertz CT molecular complexity index is 979. The Morgan fingerprint density at radius 3 is 2.52 bits per heavy atom. The SMILES string of the molecule is O=C(COC(=O)c1cccc(Cl)c1Cl)Nc1cc(C(F)(F)F)ccc1N1CCOCC1. The van der Waals surface area contributed by atoms with Crippen molar-refractivity contribution >= 4 is 46.5 Å². The predicted octanol–water partition coefficient (Wildman–Crippen LogP) is 4.64. The molecule has 31 heavy (non-hydrogen) atoms. The number of alkyl halides is 3. The molecule has 0 saturated carbocycles. The van der Waals surface area contributed by atoms with Gasteiger partial charge in [0.1, 0.15) is 0 Å². The summed E-state index contributed by atoms with van der Waals surface area (Å²) in [6.07, 6.45) is -4.58. The molecule has 0 unspecified atom stereocenters. The number of nitrogens with one attached hydrogen (secondary N) is 1. The van der Waals surface area contributed by atoms with Crippen LogP contribution >= 0.6 is 23.2 Å². The van der Waals surface area contributed by atoms with Crippen LogP contribution in [0.1, 0.15) is 15.9 Å². The van der Waals surface area contributed by atoms with Gasteiger partial charge in [0, 0.05) is 13.1 Å². The minimum absolute atomic E-state index is 0.0259. The van der Waals surface area contributed by atoms with E-state index in [9.17, 15) is 22.8 Å². The van der Waals surface area contributed by atoms with Crippen LogP contribution in [-0.2, 0) is 20.4 Å². The van der Waals surface area contributed by atoms with Gasteiger partial charge in [-0.05, 0) is 30.3 Å². The minimum Gasteiger partial charge on any atom is -0.452 e. The lowest BCUT2D eigenvalue weighted by molar-refractivity contribution is -0.137. The highest BCUT2D eigenvalue weighted by Crippen LogP contribution is 2.35. The van der Waals surface area contributed by atoms with Crippen molar-refractivity contribution in [2.24, 2.45) is 0 Å². The first-order chi connectivity index (χ1) is 14.7. The normalized spacial score (nSPS) is 14.3. The van der Waals surface area contributed by atoms with Crippen molar-refractivity contribution in [3.05, 3.63) is 57.6 Å². The van der Waals surface area contributed by atoms with Crippen LogP contribution in [0.25, 0.3) is 0 Å². The number of amides is 1. The second kappa shape index (κ2) is 9.76. The van der Waals surface area contributed by atoms with Crippen LogP contribution in [0.4, 0.5) is 24.5 Å². The molecule has 0 atom stereocenters. The first-order valence-electron chi connectivity index (χ1n) is 9.11. The van der Waals surface area contributed by atoms with Crippen molar-refractivity contribution in [1.82, 2.24) is 0 Å². The second-order valence-electron chi connectivity index (χ2n) is 6.55. The zero-order valence-corrected chi connectivity index (χ0v) is 17.5. The van der Waals surface area contributed by atoms with E-state index in [4.69, 9.17) is 32.7 Å². The molecular weight excluding hydrogens is 460 g/mol. The number of halogens is 5. The summed E-state index contributed by atoms with van der Waals surface area (Å²) in [5, 5.41) is 2.51. The van der Waals surface area contributed by atoms with E-state index in [-0.39, 0.29) is 21.3 Å². The van der Waals surface area contributed by atoms with Crippen LogP contribution in [-0.4, -0.2) is 44.8 Å². The van der Waals surface area contributed by atoms with Gasteiger partial charge in [0.25, 0.3) is 5.91 Å². The van der Waals surface area contributed by atoms with Gasteiger partial charge in [-0.25, -0.2) is 4.79 Å². The average Bonchev–Trinajstić information content (AvgIpc) is 2.74. The third-order valence-corrected chi connectivity index (χ3v) is 5.27. The Morgan fingerprint density at radius 1 is 1.13 bits per heavy atom. The molecule has 0 spiro atoms. The van der Waals surface area contributed by atoms with Gasteiger partial charge in [0.2, 0.25) is 0 Å². The highest BCUT2D eigenvalue weighted by Gasteiger charge is 2.32. The summed E-state index contributed by atoms with van der Waals surface area (Å²) in [6.45, 7) is 1.01. The van der Waals surface area contributed by atoms with Gasteiger partial charge in [0.15, 0.2) is 6.61 Å². The van der Waals surface area contributed by atoms with E-state index >= 15 is 0 Å². The molecule has 1 fully saturated rings. The van der Waals surface area contributed by atoms with E-state index in [1.807, 2.05) is 0 Å². The second-order valence-corrected chi connectivity index (χ2v) is 7.34. The Morgan fingerprint density at radius 2 is 1.84 bits per heavy atom. The van der Waals surface area contributed by atoms with Crippen LogP contribution in [0.2, 0.25) is 10.0 Å². The number of anilines is 2. The molecule has 2 aromatic carbocycles. The lowest BCUT2D eigenvalue weighted by atomic mass is 10.1. The van der Waals surface area contributed by atoms with Crippen LogP contribution < -0.4 is 10.2 Å². The van der Waals surface area contributed by atoms with E-state index in [2.05, 4.69) is 5.32 Å². The molecule has 0 bridgehead atoms. The number of rotatable bonds is 5. The third-order valence-electron chi connectivity index (χ3n) is 4.46. The Balaban J connectivity index is 1.74. The molecule has 1 aliphatic rings. The zero-order chi connectivity index (χ0) is 22.6. The summed E-state index contributed by atoms with van der Waals surface area (Å²) in [6, 6.07) is 7.43. The van der Waals surface area contributed by atoms with E-state index in [1.165, 1.54) is 24.3 Å². The summed E-state index contributed by atoms with van der Waals surface area (Å²) < 4.78 is 49.6. The predicted molar refractivity (Wildman–Crippen MR) is 110 cm³/mol. The molecule has 1 heterocycles. The van der Waals surface area contributed by atoms with Crippen molar-refractivity contribution in [2.45, 2.75) is 6.18 Å². The van der Waals surface area contributed by atoms with Crippen molar-refractivity contribution < 1.29 is 32.2 Å². The summed E-state index contributed by atoms with van der Waals surface area (Å²) >= 11 is 11.8. The molecule has 166 valence electrons. The van der Waals surface area contributed by atoms with Crippen LogP contribution in [0.15, 0.2) is 36.4 Å². The van der Waals surface area contributed by atoms with Gasteiger partial charge in [-0.15, -0.1) is 0 Å². The van der Waals surface area contributed by atoms with Gasteiger partial charge in [-0.1, -0.05) is 29.3 Å². The van der Waals surface area contributed by atoms with Crippen molar-refractivity contribution in [1.29, 1.82) is 0 Å². The molecule has 3 rings (SSSR count). The monoisotopic (exact) mass is 476 g/mol. The van der Waals surface area contributed by atoms with Gasteiger partial charge in [-0.3, -0.25) is 4.79 Å². The molecule has 11 heteroatoms. The lowest BCUT2D eigenvalue weighted by Gasteiger charge is -2.31. The van der Waals surface area contributed by atoms with Crippen molar-refractivity contribution in [3.63, 3.8) is 0 Å². The standard InChI is InChI=1S/C20H17Cl2F3N2O4/c21-14-3-1-2-13(18(14)22)19(29)31-11-17(28)26-15-10-12(20(23,24)25)4-5-16(15)27-6-8-30-9-7-27/h1-5,10H,6-9,11H2,(H,26,28). The third kappa shape index (κ3) is 5.81. The zero-order valence-electron chi connectivity index (χ0n) is 16.0. The van der Waals surface area contributed by atoms with Crippen LogP contribution in [0.3, 0.4) is 0 Å². The number of hydrogen-bond acceptors (Lipinski definition) is 5. The van der Waals surface area contributed by atoms with Crippen molar-refractivity contribution in [3.8, 4) is 0 Å². The van der Waals surface area contributed by atoms with E-state index in [1.54, 1.807) is 4.90 Å². The molecule has 2 aromatic rings. The van der Waals surface area contributed by atoms with Gasteiger partial charge < -0.3 is 19.7 Å². The molecule has 1 aliphatic heterocycles. The molecule has 1 amide bonds. The molecule has 1 saturated heterocycles. The largest absolute Gasteiger partial charge is 0.452 e. The topological polar surface area (TPSA) is 67.9 Å². The minimum atomic E-state index is -4.58. The molecule has 0 radical (unpaired) electrons. The van der Waals surface area contributed by atoms with Gasteiger partial charge in [-0.2, -0.15) is 13.2 Å². The Hall–Kier alpha value is -2.49. The number of carbonyl (C=O) groups is 2. The maximum Gasteiger partial charge on any atom is 0.416 e. The van der Waals surface area contributed by atoms with Crippen molar-refractivity contribution in [2.75, 3.05) is 43.1 Å². The molecular formula is C20H17Cl2F3N2O4. The fourth-order valence-electron chi connectivity index (χ4n) is 2.95. The highest BCUT2D eigenvalue weighted by molar-refractivity contribution is 6.43. The van der Waals surface area contributed by atoms with Crippen LogP contribution in [0.5, 0.6) is 0 Å². The van der Waals surface area contributed by atoms with E-state index in [0.717, 1.165) is 12.1 Å². The van der Waals surface area contributed by atoms with E-state index < -0.39 is 30.2 Å². The number of nitrogens with zero attached hydrogens (tertiary/aromatic N) is 1. The quantitative estimate of drug-likeness (QED) is 0.636. The Labute approximate surface area is 185 Å². The average molecular weight is 477 g/mol. The summed E-state index contributed by atoms with van der Waals surface area (Å²) in [4.78, 5) is 26.3. The number of hydrogen-bond donors (Lipinski definition) is 1. The number of morpholine rings is 1. The van der Waals surface area contributed by atoms with Crippen LogP contribution in [0, 0.1) is 0 Å². The summed E-state index contributed by atoms with van der Waals surface area (Å²) in [5.74, 6) is -1.69. The van der Waals surface area contributed by atoms with Gasteiger partial charge >= 0.3 is 12.1 Å². The fourth-order valence-corrected chi connectivity index (χ4v) is 3.33. The van der Waals surface area contributed by atoms with Gasteiger partial charge in [0.05, 0.1) is 45.8 Å². The maximum absolute atomic E-state index is 13.2. The number of ether oxygens (including phenoxy) is 2. The molecule has 0 aromatic heterocycles. The first-order valence-corrected chi connectivity index (χ1v) is 9.87. The van der Waals surface area contributed by atoms with E-state index in [0.29, 0.717) is 32.0 Å². The summed E-state index contributed by atoms with van der Waals surface area (Å²) in [7, 11) is 0. The summed E-state index contributed by atoms with van der Waals surface area (Å²) in [5.41, 5.74) is -0.579. The molecule has 0 aliphatic carbocycles. The maximum atomic E-state index is 13.2. The lowest BCUT2D eigenvalue weighted by Crippen LogP contribution is -2.37. The highest BCUT2D eigenvalue weighted by atomic mass is 35.5. The molecule has 6 nitrogen and oxygen atoms in total. The smallest absolute Gasteiger partial charge is 0.416 e.